The molecule has 0 saturated carbocycles. The fraction of sp³-hybridized carbons (Fsp3) is 0.227. The van der Waals surface area contributed by atoms with Crippen LogP contribution in [0.2, 0.25) is 5.15 Å². The molecule has 2 aromatic carbocycles. The number of likely N-dealkylation sites (tertiary alicyclic amines) is 1. The van der Waals surface area contributed by atoms with Crippen LogP contribution in [0.3, 0.4) is 0 Å². The van der Waals surface area contributed by atoms with Gasteiger partial charge in [0, 0.05) is 29.9 Å². The van der Waals surface area contributed by atoms with Gasteiger partial charge in [-0.3, -0.25) is 9.59 Å². The number of sulfonamides is 1. The fourth-order valence-corrected chi connectivity index (χ4v) is 5.33. The molecule has 2 atom stereocenters. The van der Waals surface area contributed by atoms with Crippen LogP contribution in [0.1, 0.15) is 24.9 Å². The molecule has 1 N–H and O–H groups in total. The Kier molecular flexibility index (Phi) is 5.68. The Morgan fingerprint density at radius 3 is 2.61 bits per heavy atom. The van der Waals surface area contributed by atoms with Crippen molar-refractivity contribution in [2.24, 2.45) is 5.92 Å². The summed E-state index contributed by atoms with van der Waals surface area (Å²) in [5.74, 6) is -1.64. The molecular formula is C22H20ClN3O4S. The number of aromatic nitrogens is 1. The van der Waals surface area contributed by atoms with Crippen molar-refractivity contribution < 1.29 is 18.0 Å². The van der Waals surface area contributed by atoms with E-state index in [1.165, 1.54) is 24.4 Å². The van der Waals surface area contributed by atoms with Crippen molar-refractivity contribution in [2.75, 3.05) is 6.54 Å². The first-order valence-electron chi connectivity index (χ1n) is 9.72. The van der Waals surface area contributed by atoms with E-state index in [1.54, 1.807) is 11.0 Å². The van der Waals surface area contributed by atoms with Crippen molar-refractivity contribution in [1.29, 1.82) is 0 Å². The molecular weight excluding hydrogens is 438 g/mol. The molecule has 2 heterocycles. The number of rotatable bonds is 5. The summed E-state index contributed by atoms with van der Waals surface area (Å²) in [7, 11) is -4.16. The van der Waals surface area contributed by atoms with Gasteiger partial charge in [-0.1, -0.05) is 54.1 Å². The Bertz CT molecular complexity index is 1260. The molecule has 0 spiro atoms. The third-order valence-electron chi connectivity index (χ3n) is 5.52. The number of nitrogens with one attached hydrogen (secondary N) is 1. The number of hydrogen-bond donors (Lipinski definition) is 1. The molecule has 0 aliphatic carbocycles. The molecule has 9 heteroatoms. The van der Waals surface area contributed by atoms with Gasteiger partial charge >= 0.3 is 0 Å². The lowest BCUT2D eigenvalue weighted by Crippen LogP contribution is -2.37. The zero-order valence-corrected chi connectivity index (χ0v) is 18.2. The van der Waals surface area contributed by atoms with Crippen LogP contribution in [0.5, 0.6) is 0 Å². The van der Waals surface area contributed by atoms with Crippen LogP contribution in [-0.4, -0.2) is 36.7 Å². The molecule has 0 radical (unpaired) electrons. The average molecular weight is 458 g/mol. The predicted octanol–water partition coefficient (Wildman–Crippen LogP) is 3.30. The average Bonchev–Trinajstić information content (AvgIpc) is 3.15. The number of pyridine rings is 1. The molecule has 1 aliphatic heterocycles. The van der Waals surface area contributed by atoms with E-state index in [2.05, 4.69) is 9.71 Å². The van der Waals surface area contributed by atoms with Crippen molar-refractivity contribution >= 4 is 44.2 Å². The van der Waals surface area contributed by atoms with Crippen LogP contribution >= 0.6 is 11.6 Å². The Balaban J connectivity index is 1.54. The number of carbonyl (C=O) groups is 2. The van der Waals surface area contributed by atoms with E-state index in [-0.39, 0.29) is 35.0 Å². The topological polar surface area (TPSA) is 96.4 Å². The lowest BCUT2D eigenvalue weighted by Gasteiger charge is -2.25. The van der Waals surface area contributed by atoms with Gasteiger partial charge in [0.05, 0.1) is 16.9 Å². The number of carbonyl (C=O) groups excluding carboxylic acids is 2. The Morgan fingerprint density at radius 2 is 1.87 bits per heavy atom. The summed E-state index contributed by atoms with van der Waals surface area (Å²) in [6, 6.07) is 15.4. The second-order valence-corrected chi connectivity index (χ2v) is 9.47. The number of amides is 2. The molecule has 160 valence electrons. The number of fused-ring (bicyclic) bond motifs is 1. The summed E-state index contributed by atoms with van der Waals surface area (Å²) >= 11 is 6.06. The van der Waals surface area contributed by atoms with Crippen LogP contribution in [-0.2, 0) is 19.6 Å². The molecule has 1 aromatic heterocycles. The maximum Gasteiger partial charge on any atom is 0.264 e. The van der Waals surface area contributed by atoms with Crippen molar-refractivity contribution in [3.8, 4) is 0 Å². The molecule has 1 fully saturated rings. The molecule has 0 bridgehead atoms. The first-order chi connectivity index (χ1) is 14.8. The summed E-state index contributed by atoms with van der Waals surface area (Å²) in [5.41, 5.74) is 0.950. The van der Waals surface area contributed by atoms with Crippen LogP contribution < -0.4 is 4.72 Å². The number of hydrogen-bond acceptors (Lipinski definition) is 5. The standard InChI is InChI=1S/C22H20ClN3O4S/c1-14(15-6-3-2-4-7-15)26-13-16(12-20(26)27)22(28)25-31(29,30)19-9-5-8-18-17(19)10-11-24-21(18)23/h2-11,14,16H,12-13H2,1H3,(H,25,28). The van der Waals surface area contributed by atoms with Crippen molar-refractivity contribution in [2.45, 2.75) is 24.3 Å². The van der Waals surface area contributed by atoms with Crippen LogP contribution in [0.25, 0.3) is 10.8 Å². The highest BCUT2D eigenvalue weighted by Gasteiger charge is 2.38. The zero-order chi connectivity index (χ0) is 22.2. The van der Waals surface area contributed by atoms with Gasteiger partial charge in [-0.25, -0.2) is 18.1 Å². The number of nitrogens with zero attached hydrogens (tertiary/aromatic N) is 2. The Labute approximate surface area is 185 Å². The van der Waals surface area contributed by atoms with Gasteiger partial charge in [-0.2, -0.15) is 0 Å². The van der Waals surface area contributed by atoms with E-state index in [9.17, 15) is 18.0 Å². The van der Waals surface area contributed by atoms with Gasteiger partial charge in [0.25, 0.3) is 10.0 Å². The Hall–Kier alpha value is -2.97. The molecule has 1 aliphatic rings. The molecule has 3 aromatic rings. The summed E-state index contributed by atoms with van der Waals surface area (Å²) < 4.78 is 28.0. The third kappa shape index (κ3) is 4.13. The summed E-state index contributed by atoms with van der Waals surface area (Å²) in [5, 5.41) is 1.01. The van der Waals surface area contributed by atoms with E-state index >= 15 is 0 Å². The van der Waals surface area contributed by atoms with E-state index < -0.39 is 21.8 Å². The lowest BCUT2D eigenvalue weighted by atomic mass is 10.1. The maximum atomic E-state index is 12.9. The summed E-state index contributed by atoms with van der Waals surface area (Å²) in [4.78, 5) is 30.8. The van der Waals surface area contributed by atoms with E-state index in [0.29, 0.717) is 10.8 Å². The first-order valence-corrected chi connectivity index (χ1v) is 11.6. The second kappa shape index (κ2) is 8.28. The van der Waals surface area contributed by atoms with Crippen molar-refractivity contribution in [3.63, 3.8) is 0 Å². The molecule has 1 saturated heterocycles. The highest BCUT2D eigenvalue weighted by Crippen LogP contribution is 2.30. The van der Waals surface area contributed by atoms with Crippen LogP contribution in [0.4, 0.5) is 0 Å². The smallest absolute Gasteiger partial charge is 0.264 e. The van der Waals surface area contributed by atoms with Gasteiger partial charge in [0.15, 0.2) is 0 Å². The third-order valence-corrected chi connectivity index (χ3v) is 7.23. The van der Waals surface area contributed by atoms with Crippen molar-refractivity contribution in [1.82, 2.24) is 14.6 Å². The fourth-order valence-electron chi connectivity index (χ4n) is 3.84. The van der Waals surface area contributed by atoms with Crippen LogP contribution in [0.15, 0.2) is 65.7 Å². The zero-order valence-electron chi connectivity index (χ0n) is 16.7. The van der Waals surface area contributed by atoms with Gasteiger partial charge in [0.2, 0.25) is 11.8 Å². The molecule has 31 heavy (non-hydrogen) atoms. The van der Waals surface area contributed by atoms with Gasteiger partial charge in [0.1, 0.15) is 5.15 Å². The lowest BCUT2D eigenvalue weighted by molar-refractivity contribution is -0.130. The van der Waals surface area contributed by atoms with Gasteiger partial charge < -0.3 is 4.90 Å². The van der Waals surface area contributed by atoms with Gasteiger partial charge in [-0.15, -0.1) is 0 Å². The van der Waals surface area contributed by atoms with Crippen molar-refractivity contribution in [3.05, 3.63) is 71.5 Å². The van der Waals surface area contributed by atoms with Gasteiger partial charge in [-0.05, 0) is 24.6 Å². The van der Waals surface area contributed by atoms with E-state index in [4.69, 9.17) is 11.6 Å². The summed E-state index contributed by atoms with van der Waals surface area (Å²) in [6.07, 6.45) is 1.37. The van der Waals surface area contributed by atoms with E-state index in [0.717, 1.165) is 5.56 Å². The molecule has 2 unspecified atom stereocenters. The number of halogens is 1. The predicted molar refractivity (Wildman–Crippen MR) is 117 cm³/mol. The second-order valence-electron chi connectivity index (χ2n) is 7.46. The first kappa shape index (κ1) is 21.3. The minimum Gasteiger partial charge on any atom is -0.335 e. The SMILES string of the molecule is CC(c1ccccc1)N1CC(C(=O)NS(=O)(=O)c2cccc3c(Cl)nccc23)CC1=O. The summed E-state index contributed by atoms with van der Waals surface area (Å²) in [6.45, 7) is 2.04. The largest absolute Gasteiger partial charge is 0.335 e. The molecule has 7 nitrogen and oxygen atoms in total. The monoisotopic (exact) mass is 457 g/mol. The highest BCUT2D eigenvalue weighted by molar-refractivity contribution is 7.90. The highest BCUT2D eigenvalue weighted by atomic mass is 35.5. The Morgan fingerprint density at radius 1 is 1.13 bits per heavy atom. The maximum absolute atomic E-state index is 12.9. The minimum absolute atomic E-state index is 0.0379. The minimum atomic E-state index is -4.16. The normalized spacial score (nSPS) is 17.7. The number of benzene rings is 2. The van der Waals surface area contributed by atoms with E-state index in [1.807, 2.05) is 37.3 Å². The molecule has 4 rings (SSSR count). The van der Waals surface area contributed by atoms with Crippen LogP contribution in [0, 0.1) is 5.92 Å². The molecule has 2 amide bonds. The quantitative estimate of drug-likeness (QED) is 0.593.